The van der Waals surface area contributed by atoms with E-state index in [-0.39, 0.29) is 11.7 Å². The fourth-order valence-electron chi connectivity index (χ4n) is 3.18. The van der Waals surface area contributed by atoms with Crippen molar-refractivity contribution < 1.29 is 4.74 Å². The number of nitrogens with one attached hydrogen (secondary N) is 1. The Morgan fingerprint density at radius 1 is 1.43 bits per heavy atom. The topological polar surface area (TPSA) is 37.4 Å². The zero-order valence-electron chi connectivity index (χ0n) is 13.6. The first kappa shape index (κ1) is 14.8. The summed E-state index contributed by atoms with van der Waals surface area (Å²) in [4.78, 5) is 6.96. The van der Waals surface area contributed by atoms with Crippen molar-refractivity contribution in [1.82, 2.24) is 10.3 Å². The molecule has 2 fully saturated rings. The van der Waals surface area contributed by atoms with Gasteiger partial charge in [0.1, 0.15) is 0 Å². The Labute approximate surface area is 127 Å². The van der Waals surface area contributed by atoms with Crippen molar-refractivity contribution in [2.75, 3.05) is 18.0 Å². The molecule has 0 amide bonds. The van der Waals surface area contributed by atoms with Crippen LogP contribution in [0.3, 0.4) is 0 Å². The predicted octanol–water partition coefficient (Wildman–Crippen LogP) is 2.65. The first-order chi connectivity index (χ1) is 9.93. The molecule has 0 aromatic carbocycles. The lowest BCUT2D eigenvalue weighted by atomic mass is 10.0. The van der Waals surface area contributed by atoms with E-state index in [9.17, 15) is 0 Å². The molecule has 0 radical (unpaired) electrons. The van der Waals surface area contributed by atoms with Gasteiger partial charge >= 0.3 is 0 Å². The highest BCUT2D eigenvalue weighted by Crippen LogP contribution is 2.29. The van der Waals surface area contributed by atoms with Gasteiger partial charge in [-0.05, 0) is 46.6 Å². The summed E-state index contributed by atoms with van der Waals surface area (Å²) >= 11 is 0. The van der Waals surface area contributed by atoms with Crippen molar-refractivity contribution in [3.8, 4) is 0 Å². The highest BCUT2D eigenvalue weighted by atomic mass is 16.5. The molecule has 1 aromatic rings. The molecule has 3 rings (SSSR count). The van der Waals surface area contributed by atoms with E-state index in [4.69, 9.17) is 4.74 Å². The second kappa shape index (κ2) is 5.58. The highest BCUT2D eigenvalue weighted by molar-refractivity contribution is 5.54. The molecule has 4 nitrogen and oxygen atoms in total. The van der Waals surface area contributed by atoms with Gasteiger partial charge in [0, 0.05) is 48.8 Å². The van der Waals surface area contributed by atoms with E-state index in [1.165, 1.54) is 24.1 Å². The lowest BCUT2D eigenvalue weighted by molar-refractivity contribution is -0.0750. The van der Waals surface area contributed by atoms with Crippen LogP contribution in [0.2, 0.25) is 0 Å². The minimum Gasteiger partial charge on any atom is -0.369 e. The maximum atomic E-state index is 6.03. The monoisotopic (exact) mass is 289 g/mol. The number of hydrogen-bond donors (Lipinski definition) is 1. The molecule has 1 saturated heterocycles. The van der Waals surface area contributed by atoms with Gasteiger partial charge in [0.2, 0.25) is 0 Å². The van der Waals surface area contributed by atoms with Gasteiger partial charge in [-0.25, -0.2) is 0 Å². The summed E-state index contributed by atoms with van der Waals surface area (Å²) in [6, 6.07) is 2.94. The zero-order chi connectivity index (χ0) is 15.0. The molecule has 21 heavy (non-hydrogen) atoms. The molecule has 4 heteroatoms. The van der Waals surface area contributed by atoms with E-state index < -0.39 is 0 Å². The zero-order valence-corrected chi connectivity index (χ0v) is 13.6. The number of anilines is 1. The maximum Gasteiger partial charge on any atom is 0.0805 e. The van der Waals surface area contributed by atoms with Crippen molar-refractivity contribution in [3.63, 3.8) is 0 Å². The number of aryl methyl sites for hydroxylation is 1. The Kier molecular flexibility index (Phi) is 3.93. The minimum atomic E-state index is -0.101. The van der Waals surface area contributed by atoms with Crippen LogP contribution in [-0.2, 0) is 11.3 Å². The quantitative estimate of drug-likeness (QED) is 0.924. The Bertz CT molecular complexity index is 511. The smallest absolute Gasteiger partial charge is 0.0805 e. The van der Waals surface area contributed by atoms with Gasteiger partial charge in [-0.1, -0.05) is 0 Å². The third kappa shape index (κ3) is 3.74. The largest absolute Gasteiger partial charge is 0.369 e. The Morgan fingerprint density at radius 2 is 2.19 bits per heavy atom. The number of aromatic nitrogens is 1. The summed E-state index contributed by atoms with van der Waals surface area (Å²) in [7, 11) is 0. The Balaban J connectivity index is 1.82. The minimum absolute atomic E-state index is 0.101. The number of nitrogens with zero attached hydrogens (tertiary/aromatic N) is 2. The molecule has 2 heterocycles. The lowest BCUT2D eigenvalue weighted by Crippen LogP contribution is -2.52. The van der Waals surface area contributed by atoms with Crippen LogP contribution >= 0.6 is 0 Å². The second-order valence-electron chi connectivity index (χ2n) is 7.18. The normalized spacial score (nSPS) is 25.1. The van der Waals surface area contributed by atoms with Crippen LogP contribution in [0.1, 0.15) is 44.9 Å². The van der Waals surface area contributed by atoms with Crippen LogP contribution in [0.15, 0.2) is 12.3 Å². The number of pyridine rings is 1. The van der Waals surface area contributed by atoms with Crippen LogP contribution in [0.5, 0.6) is 0 Å². The molecular formula is C17H27N3O. The molecule has 1 aromatic heterocycles. The van der Waals surface area contributed by atoms with Crippen LogP contribution in [-0.4, -0.2) is 35.8 Å². The van der Waals surface area contributed by atoms with Crippen molar-refractivity contribution in [2.45, 2.75) is 64.8 Å². The molecule has 1 aliphatic carbocycles. The third-order valence-electron chi connectivity index (χ3n) is 4.17. The summed E-state index contributed by atoms with van der Waals surface area (Å²) in [5, 5.41) is 3.61. The molecule has 1 saturated carbocycles. The Morgan fingerprint density at radius 3 is 2.86 bits per heavy atom. The molecule has 0 spiro atoms. The summed E-state index contributed by atoms with van der Waals surface area (Å²) in [6.45, 7) is 11.4. The van der Waals surface area contributed by atoms with Gasteiger partial charge in [0.15, 0.2) is 0 Å². The van der Waals surface area contributed by atoms with E-state index in [2.05, 4.69) is 49.0 Å². The van der Waals surface area contributed by atoms with E-state index in [1.54, 1.807) is 0 Å². The SMILES string of the molecule is Cc1cc(N2CC(C)OC(C)(C)C2)c(CNC2CC2)cn1. The molecular weight excluding hydrogens is 262 g/mol. The van der Waals surface area contributed by atoms with Gasteiger partial charge in [0.25, 0.3) is 0 Å². The highest BCUT2D eigenvalue weighted by Gasteiger charge is 2.32. The Hall–Kier alpha value is -1.13. The molecule has 116 valence electrons. The fraction of sp³-hybridized carbons (Fsp3) is 0.706. The van der Waals surface area contributed by atoms with Crippen molar-refractivity contribution in [1.29, 1.82) is 0 Å². The van der Waals surface area contributed by atoms with Crippen molar-refractivity contribution in [3.05, 3.63) is 23.5 Å². The van der Waals surface area contributed by atoms with Crippen LogP contribution in [0.25, 0.3) is 0 Å². The summed E-state index contributed by atoms with van der Waals surface area (Å²) < 4.78 is 6.03. The predicted molar refractivity (Wildman–Crippen MR) is 85.7 cm³/mol. The van der Waals surface area contributed by atoms with Gasteiger partial charge < -0.3 is 15.0 Å². The molecule has 1 aliphatic heterocycles. The standard InChI is InChI=1S/C17H27N3O/c1-12-7-16(14(8-18-12)9-19-15-5-6-15)20-10-13(2)21-17(3,4)11-20/h7-8,13,15,19H,5-6,9-11H2,1-4H3. The average Bonchev–Trinajstić information content (AvgIpc) is 3.19. The van der Waals surface area contributed by atoms with Crippen molar-refractivity contribution >= 4 is 5.69 Å². The summed E-state index contributed by atoms with van der Waals surface area (Å²) in [5.41, 5.74) is 3.60. The first-order valence-corrected chi connectivity index (χ1v) is 8.05. The molecule has 1 unspecified atom stereocenters. The van der Waals surface area contributed by atoms with Gasteiger partial charge in [0.05, 0.1) is 11.7 Å². The van der Waals surface area contributed by atoms with Gasteiger partial charge in [-0.3, -0.25) is 4.98 Å². The van der Waals surface area contributed by atoms with E-state index in [0.29, 0.717) is 0 Å². The molecule has 2 aliphatic rings. The number of rotatable bonds is 4. The van der Waals surface area contributed by atoms with Crippen LogP contribution in [0.4, 0.5) is 5.69 Å². The lowest BCUT2D eigenvalue weighted by Gasteiger charge is -2.43. The summed E-state index contributed by atoms with van der Waals surface area (Å²) in [6.07, 6.45) is 4.92. The first-order valence-electron chi connectivity index (χ1n) is 8.05. The van der Waals surface area contributed by atoms with Crippen molar-refractivity contribution in [2.24, 2.45) is 0 Å². The van der Waals surface area contributed by atoms with Gasteiger partial charge in [-0.15, -0.1) is 0 Å². The number of morpholine rings is 1. The number of hydrogen-bond acceptors (Lipinski definition) is 4. The number of ether oxygens (including phenoxy) is 1. The average molecular weight is 289 g/mol. The van der Waals surface area contributed by atoms with Crippen LogP contribution in [0, 0.1) is 6.92 Å². The third-order valence-corrected chi connectivity index (χ3v) is 4.17. The fourth-order valence-corrected chi connectivity index (χ4v) is 3.18. The molecule has 0 bridgehead atoms. The van der Waals surface area contributed by atoms with E-state index in [0.717, 1.165) is 31.4 Å². The van der Waals surface area contributed by atoms with Crippen LogP contribution < -0.4 is 10.2 Å². The maximum absolute atomic E-state index is 6.03. The molecule has 1 N–H and O–H groups in total. The summed E-state index contributed by atoms with van der Waals surface area (Å²) in [5.74, 6) is 0. The van der Waals surface area contributed by atoms with Gasteiger partial charge in [-0.2, -0.15) is 0 Å². The van der Waals surface area contributed by atoms with E-state index in [1.807, 2.05) is 6.20 Å². The molecule has 1 atom stereocenters. The van der Waals surface area contributed by atoms with E-state index >= 15 is 0 Å². The second-order valence-corrected chi connectivity index (χ2v) is 7.18.